The first-order chi connectivity index (χ1) is 12.1. The topological polar surface area (TPSA) is 63.5 Å². The monoisotopic (exact) mass is 473 g/mol. The van der Waals surface area contributed by atoms with Crippen LogP contribution in [0, 0.1) is 25.2 Å². The molecule has 26 heavy (non-hydrogen) atoms. The molecule has 3 aliphatic rings. The van der Waals surface area contributed by atoms with Gasteiger partial charge < -0.3 is 15.4 Å². The van der Waals surface area contributed by atoms with Crippen molar-refractivity contribution in [1.82, 2.24) is 20.4 Å². The van der Waals surface area contributed by atoms with Crippen molar-refractivity contribution in [1.29, 1.82) is 0 Å². The molecule has 1 aromatic rings. The van der Waals surface area contributed by atoms with Crippen molar-refractivity contribution in [2.45, 2.75) is 64.6 Å². The zero-order valence-electron chi connectivity index (χ0n) is 16.1. The van der Waals surface area contributed by atoms with Crippen molar-refractivity contribution in [2.75, 3.05) is 20.2 Å². The predicted molar refractivity (Wildman–Crippen MR) is 114 cm³/mol. The largest absolute Gasteiger partial charge is 0.377 e. The summed E-state index contributed by atoms with van der Waals surface area (Å²) in [7, 11) is 1.87. The first-order valence-electron chi connectivity index (χ1n) is 9.74. The number of aromatic nitrogens is 2. The fraction of sp³-hybridized carbons (Fsp3) is 0.789. The van der Waals surface area contributed by atoms with Gasteiger partial charge in [-0.25, -0.2) is 0 Å². The summed E-state index contributed by atoms with van der Waals surface area (Å²) in [6, 6.07) is 2.67. The zero-order valence-corrected chi connectivity index (χ0v) is 18.5. The van der Waals surface area contributed by atoms with Crippen LogP contribution in [-0.2, 0) is 11.3 Å². The van der Waals surface area contributed by atoms with Gasteiger partial charge in [0.15, 0.2) is 5.96 Å². The van der Waals surface area contributed by atoms with E-state index in [2.05, 4.69) is 38.4 Å². The SMILES string of the molecule is CN=C(NCCCn1nc(C)cc1C)NC1C2CCOC2C12CCC2.I. The molecule has 2 aliphatic carbocycles. The second-order valence-corrected chi connectivity index (χ2v) is 7.96. The molecule has 1 aromatic heterocycles. The van der Waals surface area contributed by atoms with Crippen LogP contribution in [0.3, 0.4) is 0 Å². The minimum Gasteiger partial charge on any atom is -0.377 e. The molecule has 2 N–H and O–H groups in total. The maximum atomic E-state index is 6.01. The third-order valence-corrected chi connectivity index (χ3v) is 6.49. The smallest absolute Gasteiger partial charge is 0.191 e. The molecular weight excluding hydrogens is 441 g/mol. The van der Waals surface area contributed by atoms with Crippen LogP contribution in [0.5, 0.6) is 0 Å². The van der Waals surface area contributed by atoms with Crippen molar-refractivity contribution >= 4 is 29.9 Å². The van der Waals surface area contributed by atoms with Gasteiger partial charge in [0.25, 0.3) is 0 Å². The zero-order chi connectivity index (χ0) is 17.4. The second kappa shape index (κ2) is 8.04. The molecule has 1 spiro atoms. The number of guanidine groups is 1. The van der Waals surface area contributed by atoms with Crippen LogP contribution in [0.1, 0.15) is 43.5 Å². The summed E-state index contributed by atoms with van der Waals surface area (Å²) >= 11 is 0. The Bertz CT molecular complexity index is 654. The van der Waals surface area contributed by atoms with E-state index in [9.17, 15) is 0 Å². The van der Waals surface area contributed by atoms with Gasteiger partial charge in [-0.1, -0.05) is 6.42 Å². The first kappa shape index (κ1) is 19.9. The van der Waals surface area contributed by atoms with E-state index in [1.807, 2.05) is 14.0 Å². The van der Waals surface area contributed by atoms with E-state index < -0.39 is 0 Å². The fourth-order valence-corrected chi connectivity index (χ4v) is 5.13. The summed E-state index contributed by atoms with van der Waals surface area (Å²) in [6.07, 6.45) is 6.69. The minimum absolute atomic E-state index is 0. The summed E-state index contributed by atoms with van der Waals surface area (Å²) in [6.45, 7) is 6.94. The Balaban J connectivity index is 0.00000196. The Hall–Kier alpha value is -0.830. The molecule has 3 unspecified atom stereocenters. The quantitative estimate of drug-likeness (QED) is 0.299. The molecule has 7 heteroatoms. The highest BCUT2D eigenvalue weighted by atomic mass is 127. The normalized spacial score (nSPS) is 28.7. The molecule has 3 atom stereocenters. The molecule has 2 heterocycles. The lowest BCUT2D eigenvalue weighted by Crippen LogP contribution is -2.72. The van der Waals surface area contributed by atoms with Gasteiger partial charge in [0.2, 0.25) is 0 Å². The number of aryl methyl sites for hydroxylation is 3. The number of halogens is 1. The Morgan fingerprint density at radius 1 is 1.42 bits per heavy atom. The number of fused-ring (bicyclic) bond motifs is 2. The van der Waals surface area contributed by atoms with Crippen LogP contribution in [0.15, 0.2) is 11.1 Å². The van der Waals surface area contributed by atoms with Crippen molar-refractivity contribution in [2.24, 2.45) is 16.3 Å². The van der Waals surface area contributed by atoms with Crippen LogP contribution >= 0.6 is 24.0 Å². The highest BCUT2D eigenvalue weighted by Crippen LogP contribution is 2.62. The van der Waals surface area contributed by atoms with E-state index in [0.717, 1.165) is 37.8 Å². The van der Waals surface area contributed by atoms with Gasteiger partial charge in [0.1, 0.15) is 0 Å². The third kappa shape index (κ3) is 3.37. The van der Waals surface area contributed by atoms with Crippen molar-refractivity contribution in [3.63, 3.8) is 0 Å². The van der Waals surface area contributed by atoms with E-state index in [-0.39, 0.29) is 24.0 Å². The number of rotatable bonds is 5. The molecule has 0 aromatic carbocycles. The summed E-state index contributed by atoms with van der Waals surface area (Å²) in [5, 5.41) is 11.7. The molecule has 3 fully saturated rings. The maximum Gasteiger partial charge on any atom is 0.191 e. The van der Waals surface area contributed by atoms with E-state index in [1.54, 1.807) is 0 Å². The van der Waals surface area contributed by atoms with Gasteiger partial charge in [-0.3, -0.25) is 9.67 Å². The number of ether oxygens (including phenoxy) is 1. The van der Waals surface area contributed by atoms with Crippen LogP contribution in [0.2, 0.25) is 0 Å². The number of hydrogen-bond donors (Lipinski definition) is 2. The molecular formula is C19H32IN5O. The number of nitrogens with one attached hydrogen (secondary N) is 2. The van der Waals surface area contributed by atoms with Crippen LogP contribution in [-0.4, -0.2) is 48.1 Å². The summed E-state index contributed by atoms with van der Waals surface area (Å²) in [5.41, 5.74) is 2.71. The third-order valence-electron chi connectivity index (χ3n) is 6.49. The number of aliphatic imine (C=N–C) groups is 1. The lowest BCUT2D eigenvalue weighted by atomic mass is 9.46. The Morgan fingerprint density at radius 2 is 2.23 bits per heavy atom. The Kier molecular flexibility index (Phi) is 6.16. The van der Waals surface area contributed by atoms with Crippen LogP contribution < -0.4 is 10.6 Å². The molecule has 2 saturated carbocycles. The van der Waals surface area contributed by atoms with Gasteiger partial charge in [-0.05, 0) is 45.6 Å². The average Bonchev–Trinajstić information content (AvgIpc) is 3.09. The molecule has 0 radical (unpaired) electrons. The summed E-state index contributed by atoms with van der Waals surface area (Å²) < 4.78 is 8.09. The molecule has 6 nitrogen and oxygen atoms in total. The van der Waals surface area contributed by atoms with E-state index >= 15 is 0 Å². The first-order valence-corrected chi connectivity index (χ1v) is 9.74. The molecule has 1 aliphatic heterocycles. The Labute approximate surface area is 173 Å². The fourth-order valence-electron chi connectivity index (χ4n) is 5.13. The molecule has 0 amide bonds. The Morgan fingerprint density at radius 3 is 2.85 bits per heavy atom. The van der Waals surface area contributed by atoms with Gasteiger partial charge in [-0.2, -0.15) is 5.10 Å². The molecule has 0 bridgehead atoms. The van der Waals surface area contributed by atoms with Crippen molar-refractivity contribution < 1.29 is 4.74 Å². The maximum absolute atomic E-state index is 6.01. The number of hydrogen-bond acceptors (Lipinski definition) is 3. The van der Waals surface area contributed by atoms with Gasteiger partial charge in [0.05, 0.1) is 11.8 Å². The van der Waals surface area contributed by atoms with Crippen molar-refractivity contribution in [3.8, 4) is 0 Å². The van der Waals surface area contributed by atoms with E-state index in [1.165, 1.54) is 31.4 Å². The van der Waals surface area contributed by atoms with Gasteiger partial charge in [0, 0.05) is 49.8 Å². The average molecular weight is 473 g/mol. The molecule has 146 valence electrons. The van der Waals surface area contributed by atoms with Crippen LogP contribution in [0.4, 0.5) is 0 Å². The van der Waals surface area contributed by atoms with E-state index in [4.69, 9.17) is 4.74 Å². The van der Waals surface area contributed by atoms with E-state index in [0.29, 0.717) is 23.5 Å². The second-order valence-electron chi connectivity index (χ2n) is 7.96. The molecule has 4 rings (SSSR count). The lowest BCUT2D eigenvalue weighted by molar-refractivity contribution is -0.171. The minimum atomic E-state index is 0. The number of nitrogens with zero attached hydrogens (tertiary/aromatic N) is 3. The van der Waals surface area contributed by atoms with Gasteiger partial charge in [-0.15, -0.1) is 24.0 Å². The molecule has 1 saturated heterocycles. The lowest BCUT2D eigenvalue weighted by Gasteiger charge is -2.63. The highest BCUT2D eigenvalue weighted by Gasteiger charge is 2.66. The standard InChI is InChI=1S/C19H31N5O.HI/c1-13-12-14(2)24(23-13)10-5-9-21-18(20-3)22-16-15-6-11-25-17(15)19(16)7-4-8-19;/h12,15-17H,4-11H2,1-3H3,(H2,20,21,22);1H. The van der Waals surface area contributed by atoms with Gasteiger partial charge >= 0.3 is 0 Å². The van der Waals surface area contributed by atoms with Crippen LogP contribution in [0.25, 0.3) is 0 Å². The summed E-state index contributed by atoms with van der Waals surface area (Å²) in [4.78, 5) is 4.45. The summed E-state index contributed by atoms with van der Waals surface area (Å²) in [5.74, 6) is 1.61. The van der Waals surface area contributed by atoms with Crippen molar-refractivity contribution in [3.05, 3.63) is 17.5 Å². The highest BCUT2D eigenvalue weighted by molar-refractivity contribution is 14.0. The predicted octanol–water partition coefficient (Wildman–Crippen LogP) is 2.63.